The molecule has 2 aromatic rings. The van der Waals surface area contributed by atoms with Crippen molar-refractivity contribution in [2.24, 2.45) is 5.92 Å². The van der Waals surface area contributed by atoms with Gasteiger partial charge in [0.15, 0.2) is 11.5 Å². The summed E-state index contributed by atoms with van der Waals surface area (Å²) in [4.78, 5) is 30.9. The normalized spacial score (nSPS) is 14.7. The molecule has 0 aliphatic carbocycles. The first-order chi connectivity index (χ1) is 14.6. The minimum absolute atomic E-state index is 0.0215. The van der Waals surface area contributed by atoms with Gasteiger partial charge in [-0.2, -0.15) is 0 Å². The number of carbonyl (C=O) groups excluding carboxylic acids is 2. The number of hydrogen-bond donors (Lipinski definition) is 2. The molecule has 2 heterocycles. The van der Waals surface area contributed by atoms with E-state index in [9.17, 15) is 9.59 Å². The number of nitrogens with one attached hydrogen (secondary N) is 2. The molecule has 1 saturated heterocycles. The average molecular weight is 412 g/mol. The van der Waals surface area contributed by atoms with Gasteiger partial charge in [0.2, 0.25) is 11.8 Å². The molecule has 1 fully saturated rings. The van der Waals surface area contributed by atoms with Crippen LogP contribution in [-0.4, -0.2) is 55.6 Å². The molecule has 1 aromatic heterocycles. The Morgan fingerprint density at radius 2 is 1.90 bits per heavy atom. The highest BCUT2D eigenvalue weighted by atomic mass is 16.5. The van der Waals surface area contributed by atoms with E-state index in [0.29, 0.717) is 43.4 Å². The predicted molar refractivity (Wildman–Crippen MR) is 113 cm³/mol. The predicted octanol–water partition coefficient (Wildman–Crippen LogP) is 2.07. The highest BCUT2D eigenvalue weighted by Gasteiger charge is 2.25. The number of carbonyl (C=O) groups is 2. The topological polar surface area (TPSA) is 92.8 Å². The van der Waals surface area contributed by atoms with Crippen molar-refractivity contribution in [3.8, 4) is 11.5 Å². The number of rotatable bonds is 8. The van der Waals surface area contributed by atoms with Gasteiger partial charge in [0.1, 0.15) is 0 Å². The van der Waals surface area contributed by atoms with Crippen molar-refractivity contribution >= 4 is 17.5 Å². The lowest BCUT2D eigenvalue weighted by Gasteiger charge is -2.30. The van der Waals surface area contributed by atoms with Crippen LogP contribution >= 0.6 is 0 Å². The van der Waals surface area contributed by atoms with Gasteiger partial charge >= 0.3 is 0 Å². The van der Waals surface area contributed by atoms with E-state index in [1.807, 2.05) is 12.1 Å². The van der Waals surface area contributed by atoms with E-state index in [2.05, 4.69) is 20.5 Å². The quantitative estimate of drug-likeness (QED) is 0.690. The summed E-state index contributed by atoms with van der Waals surface area (Å²) in [5, 5.41) is 5.86. The molecule has 1 aromatic carbocycles. The smallest absolute Gasteiger partial charge is 0.238 e. The van der Waals surface area contributed by atoms with E-state index in [0.717, 1.165) is 18.4 Å². The molecule has 30 heavy (non-hydrogen) atoms. The molecular weight excluding hydrogens is 384 g/mol. The van der Waals surface area contributed by atoms with Gasteiger partial charge in [0.05, 0.1) is 20.8 Å². The van der Waals surface area contributed by atoms with Crippen molar-refractivity contribution in [2.45, 2.75) is 19.4 Å². The molecule has 8 nitrogen and oxygen atoms in total. The van der Waals surface area contributed by atoms with Crippen LogP contribution in [0.4, 0.5) is 5.69 Å². The van der Waals surface area contributed by atoms with Crippen LogP contribution in [0.1, 0.15) is 18.4 Å². The number of amides is 2. The van der Waals surface area contributed by atoms with Crippen LogP contribution in [0.5, 0.6) is 11.5 Å². The molecule has 8 heteroatoms. The summed E-state index contributed by atoms with van der Waals surface area (Å²) >= 11 is 0. The van der Waals surface area contributed by atoms with Crippen molar-refractivity contribution in [3.05, 3.63) is 48.3 Å². The van der Waals surface area contributed by atoms with Crippen molar-refractivity contribution in [1.29, 1.82) is 0 Å². The maximum atomic E-state index is 12.4. The largest absolute Gasteiger partial charge is 0.493 e. The summed E-state index contributed by atoms with van der Waals surface area (Å²) in [6, 6.07) is 9.05. The van der Waals surface area contributed by atoms with E-state index < -0.39 is 0 Å². The molecule has 1 aliphatic heterocycles. The summed E-state index contributed by atoms with van der Waals surface area (Å²) in [5.74, 6) is 1.12. The molecule has 2 N–H and O–H groups in total. The Morgan fingerprint density at radius 1 is 1.13 bits per heavy atom. The van der Waals surface area contributed by atoms with Gasteiger partial charge in [-0.1, -0.05) is 6.07 Å². The zero-order chi connectivity index (χ0) is 21.3. The zero-order valence-electron chi connectivity index (χ0n) is 17.4. The minimum Gasteiger partial charge on any atom is -0.493 e. The molecule has 0 spiro atoms. The lowest BCUT2D eigenvalue weighted by molar-refractivity contribution is -0.126. The van der Waals surface area contributed by atoms with Crippen LogP contribution in [0.2, 0.25) is 0 Å². The number of aromatic nitrogens is 1. The van der Waals surface area contributed by atoms with E-state index in [1.54, 1.807) is 44.8 Å². The summed E-state index contributed by atoms with van der Waals surface area (Å²) in [6.07, 6.45) is 4.94. The van der Waals surface area contributed by atoms with Crippen LogP contribution in [0, 0.1) is 5.92 Å². The highest BCUT2D eigenvalue weighted by Crippen LogP contribution is 2.29. The second-order valence-corrected chi connectivity index (χ2v) is 7.25. The van der Waals surface area contributed by atoms with Gasteiger partial charge in [0, 0.05) is 36.6 Å². The summed E-state index contributed by atoms with van der Waals surface area (Å²) in [5.41, 5.74) is 1.64. The standard InChI is InChI=1S/C22H28N4O4/c1-29-19-6-5-18(12-20(19)30-2)25-21(27)15-26-10-7-17(8-11-26)22(28)24-14-16-4-3-9-23-13-16/h3-6,9,12-13,17H,7-8,10-11,14-15H2,1-2H3,(H,24,28)(H,25,27). The molecular formula is C22H28N4O4. The van der Waals surface area contributed by atoms with Gasteiger partial charge in [-0.3, -0.25) is 19.5 Å². The Hall–Kier alpha value is -3.13. The molecule has 160 valence electrons. The fraction of sp³-hybridized carbons (Fsp3) is 0.409. The second-order valence-electron chi connectivity index (χ2n) is 7.25. The highest BCUT2D eigenvalue weighted by molar-refractivity contribution is 5.92. The van der Waals surface area contributed by atoms with Crippen LogP contribution in [0.3, 0.4) is 0 Å². The van der Waals surface area contributed by atoms with Gasteiger partial charge in [-0.25, -0.2) is 0 Å². The van der Waals surface area contributed by atoms with Gasteiger partial charge in [-0.15, -0.1) is 0 Å². The minimum atomic E-state index is -0.0956. The van der Waals surface area contributed by atoms with Gasteiger partial charge in [0.25, 0.3) is 0 Å². The Balaban J connectivity index is 1.42. The number of methoxy groups -OCH3 is 2. The third-order valence-electron chi connectivity index (χ3n) is 5.18. The number of nitrogens with zero attached hydrogens (tertiary/aromatic N) is 2. The van der Waals surface area contributed by atoms with E-state index in [4.69, 9.17) is 9.47 Å². The Labute approximate surface area is 176 Å². The molecule has 0 saturated carbocycles. The fourth-order valence-corrected chi connectivity index (χ4v) is 3.51. The molecule has 0 bridgehead atoms. The second kappa shape index (κ2) is 10.6. The van der Waals surface area contributed by atoms with E-state index in [-0.39, 0.29) is 17.7 Å². The molecule has 0 unspecified atom stereocenters. The van der Waals surface area contributed by atoms with Crippen molar-refractivity contribution in [3.63, 3.8) is 0 Å². The lowest BCUT2D eigenvalue weighted by atomic mass is 9.96. The average Bonchev–Trinajstić information content (AvgIpc) is 2.78. The number of benzene rings is 1. The third-order valence-corrected chi connectivity index (χ3v) is 5.18. The van der Waals surface area contributed by atoms with Crippen molar-refractivity contribution in [2.75, 3.05) is 39.2 Å². The van der Waals surface area contributed by atoms with Crippen LogP contribution in [-0.2, 0) is 16.1 Å². The summed E-state index contributed by atoms with van der Waals surface area (Å²) in [7, 11) is 3.12. The summed E-state index contributed by atoms with van der Waals surface area (Å²) < 4.78 is 10.5. The zero-order valence-corrected chi connectivity index (χ0v) is 17.4. The van der Waals surface area contributed by atoms with Crippen LogP contribution < -0.4 is 20.1 Å². The number of likely N-dealkylation sites (tertiary alicyclic amines) is 1. The molecule has 0 atom stereocenters. The Morgan fingerprint density at radius 3 is 2.57 bits per heavy atom. The number of anilines is 1. The van der Waals surface area contributed by atoms with Crippen LogP contribution in [0.15, 0.2) is 42.7 Å². The van der Waals surface area contributed by atoms with E-state index >= 15 is 0 Å². The third kappa shape index (κ3) is 5.93. The Kier molecular flexibility index (Phi) is 7.62. The molecule has 3 rings (SSSR count). The SMILES string of the molecule is COc1ccc(NC(=O)CN2CCC(C(=O)NCc3cccnc3)CC2)cc1OC. The van der Waals surface area contributed by atoms with Crippen molar-refractivity contribution in [1.82, 2.24) is 15.2 Å². The number of pyridine rings is 1. The first kappa shape index (κ1) is 21.6. The monoisotopic (exact) mass is 412 g/mol. The molecule has 1 aliphatic rings. The summed E-state index contributed by atoms with van der Waals surface area (Å²) in [6.45, 7) is 2.20. The first-order valence-electron chi connectivity index (χ1n) is 10.00. The fourth-order valence-electron chi connectivity index (χ4n) is 3.51. The number of hydrogen-bond acceptors (Lipinski definition) is 6. The van der Waals surface area contributed by atoms with E-state index in [1.165, 1.54) is 0 Å². The number of ether oxygens (including phenoxy) is 2. The van der Waals surface area contributed by atoms with Crippen LogP contribution in [0.25, 0.3) is 0 Å². The number of piperidine rings is 1. The van der Waals surface area contributed by atoms with Crippen molar-refractivity contribution < 1.29 is 19.1 Å². The van der Waals surface area contributed by atoms with Gasteiger partial charge < -0.3 is 20.1 Å². The molecule has 0 radical (unpaired) electrons. The Bertz CT molecular complexity index is 851. The molecule has 2 amide bonds. The first-order valence-corrected chi connectivity index (χ1v) is 10.00. The maximum Gasteiger partial charge on any atom is 0.238 e. The maximum absolute atomic E-state index is 12.4. The lowest BCUT2D eigenvalue weighted by Crippen LogP contribution is -2.43. The van der Waals surface area contributed by atoms with Gasteiger partial charge in [-0.05, 0) is 49.7 Å².